The van der Waals surface area contributed by atoms with Gasteiger partial charge < -0.3 is 0 Å². The van der Waals surface area contributed by atoms with E-state index in [0.717, 1.165) is 0 Å². The largest absolute Gasteiger partial charge is 0.0806 e. The molecule has 0 N–H and O–H groups in total. The van der Waals surface area contributed by atoms with Gasteiger partial charge in [-0.25, -0.2) is 0 Å². The van der Waals surface area contributed by atoms with Crippen molar-refractivity contribution in [2.75, 3.05) is 0 Å². The van der Waals surface area contributed by atoms with Gasteiger partial charge in [0.05, 0.1) is 9.52 Å². The molecule has 0 nitrogen and oxygen atoms in total. The molecule has 1 heteroatoms. The second kappa shape index (κ2) is 3.74. The van der Waals surface area contributed by atoms with Crippen LogP contribution in [-0.2, 0) is 0 Å². The van der Waals surface area contributed by atoms with E-state index in [-0.39, 0.29) is 9.52 Å². The molecule has 0 amide bonds. The van der Waals surface area contributed by atoms with Crippen LogP contribution in [0.25, 0.3) is 0 Å². The molecule has 0 aromatic rings. The Balaban J connectivity index is 2.11. The lowest BCUT2D eigenvalue weighted by Crippen LogP contribution is -2.01. The van der Waals surface area contributed by atoms with Crippen LogP contribution >= 0.6 is 0 Å². The highest BCUT2D eigenvalue weighted by atomic mass is 28.2. The zero-order valence-electron chi connectivity index (χ0n) is 9.35. The van der Waals surface area contributed by atoms with Crippen molar-refractivity contribution < 1.29 is 0 Å². The zero-order valence-corrected chi connectivity index (χ0v) is 10.8. The van der Waals surface area contributed by atoms with Gasteiger partial charge in [0.2, 0.25) is 0 Å². The Kier molecular flexibility index (Phi) is 2.59. The van der Waals surface area contributed by atoms with E-state index < -0.39 is 0 Å². The molecule has 0 radical (unpaired) electrons. The summed E-state index contributed by atoms with van der Waals surface area (Å²) < 4.78 is 0. The van der Waals surface area contributed by atoms with Crippen LogP contribution in [0, 0.1) is 0 Å². The first kappa shape index (κ1) is 9.72. The summed E-state index contributed by atoms with van der Waals surface area (Å²) in [6, 6.07) is 0. The first-order valence-corrected chi connectivity index (χ1v) is 6.81. The Morgan fingerprint density at radius 2 is 1.86 bits per heavy atom. The molecule has 0 atom stereocenters. The average Bonchev–Trinajstić information content (AvgIpc) is 2.68. The molecule has 0 fully saturated rings. The molecule has 74 valence electrons. The third-order valence-electron chi connectivity index (χ3n) is 3.49. The number of allylic oxidation sites excluding steroid dienone is 8. The summed E-state index contributed by atoms with van der Waals surface area (Å²) in [4.78, 5) is 0. The lowest BCUT2D eigenvalue weighted by molar-refractivity contribution is 1.32. The van der Waals surface area contributed by atoms with Crippen LogP contribution in [0.15, 0.2) is 45.3 Å². The predicted octanol–water partition coefficient (Wildman–Crippen LogP) is 3.01. The maximum Gasteiger partial charge on any atom is 0.0788 e. The minimum atomic E-state index is -0.118. The summed E-state index contributed by atoms with van der Waals surface area (Å²) in [6.45, 7) is 6.79. The number of rotatable bonds is 2. The summed E-state index contributed by atoms with van der Waals surface area (Å²) in [5.74, 6) is 0. The van der Waals surface area contributed by atoms with Crippen LogP contribution in [-0.4, -0.2) is 9.52 Å². The highest BCUT2D eigenvalue weighted by Gasteiger charge is 2.14. The van der Waals surface area contributed by atoms with Crippen LogP contribution in [0.3, 0.4) is 0 Å². The van der Waals surface area contributed by atoms with Crippen LogP contribution < -0.4 is 0 Å². The van der Waals surface area contributed by atoms with Crippen molar-refractivity contribution in [1.82, 2.24) is 0 Å². The van der Waals surface area contributed by atoms with Gasteiger partial charge >= 0.3 is 0 Å². The van der Waals surface area contributed by atoms with Gasteiger partial charge in [-0.2, -0.15) is 0 Å². The third kappa shape index (κ3) is 1.69. The highest BCUT2D eigenvalue weighted by molar-refractivity contribution is 6.54. The quantitative estimate of drug-likeness (QED) is 0.604. The molecule has 2 aliphatic rings. The first-order valence-electron chi connectivity index (χ1n) is 5.39. The molecule has 0 unspecified atom stereocenters. The van der Waals surface area contributed by atoms with Crippen LogP contribution in [0.4, 0.5) is 0 Å². The van der Waals surface area contributed by atoms with E-state index in [0.29, 0.717) is 0 Å². The minimum Gasteiger partial charge on any atom is -0.0806 e. The molecular weight excluding hydrogens is 184 g/mol. The van der Waals surface area contributed by atoms with E-state index in [1.807, 2.05) is 0 Å². The zero-order chi connectivity index (χ0) is 10.1. The fourth-order valence-electron chi connectivity index (χ4n) is 2.19. The average molecular weight is 202 g/mol. The summed E-state index contributed by atoms with van der Waals surface area (Å²) in [6.07, 6.45) is 9.45. The molecule has 0 spiro atoms. The SMILES string of the molecule is CC1=CCC([SiH2]C2=C(C)C=CC2)=C1C. The van der Waals surface area contributed by atoms with Crippen molar-refractivity contribution in [2.45, 2.75) is 33.6 Å². The van der Waals surface area contributed by atoms with Crippen LogP contribution in [0.2, 0.25) is 0 Å². The molecule has 0 aromatic carbocycles. The Morgan fingerprint density at radius 3 is 2.36 bits per heavy atom. The maximum atomic E-state index is 2.38. The van der Waals surface area contributed by atoms with Gasteiger partial charge in [0.1, 0.15) is 0 Å². The summed E-state index contributed by atoms with van der Waals surface area (Å²) in [5.41, 5.74) is 4.64. The highest BCUT2D eigenvalue weighted by Crippen LogP contribution is 2.28. The number of hydrogen-bond acceptors (Lipinski definition) is 0. The molecule has 0 heterocycles. The second-order valence-electron chi connectivity index (χ2n) is 4.39. The van der Waals surface area contributed by atoms with Crippen molar-refractivity contribution in [2.24, 2.45) is 0 Å². The third-order valence-corrected chi connectivity index (χ3v) is 6.01. The van der Waals surface area contributed by atoms with Gasteiger partial charge in [-0.3, -0.25) is 0 Å². The molecule has 0 saturated carbocycles. The maximum absolute atomic E-state index is 2.38. The van der Waals surface area contributed by atoms with Gasteiger partial charge in [0, 0.05) is 0 Å². The van der Waals surface area contributed by atoms with Gasteiger partial charge in [-0.15, -0.1) is 0 Å². The van der Waals surface area contributed by atoms with Gasteiger partial charge in [-0.05, 0) is 33.6 Å². The Hall–Kier alpha value is -0.823. The van der Waals surface area contributed by atoms with Crippen molar-refractivity contribution in [3.05, 3.63) is 45.3 Å². The smallest absolute Gasteiger partial charge is 0.0788 e. The topological polar surface area (TPSA) is 0 Å². The molecule has 2 aliphatic carbocycles. The van der Waals surface area contributed by atoms with Crippen molar-refractivity contribution in [1.29, 1.82) is 0 Å². The summed E-state index contributed by atoms with van der Waals surface area (Å²) in [7, 11) is -0.118. The van der Waals surface area contributed by atoms with Crippen LogP contribution in [0.1, 0.15) is 33.6 Å². The van der Waals surface area contributed by atoms with E-state index in [2.05, 4.69) is 39.0 Å². The summed E-state index contributed by atoms with van der Waals surface area (Å²) >= 11 is 0. The molecule has 0 aliphatic heterocycles. The fraction of sp³-hybridized carbons (Fsp3) is 0.385. The lowest BCUT2D eigenvalue weighted by atomic mass is 10.2. The van der Waals surface area contributed by atoms with Gasteiger partial charge in [0.25, 0.3) is 0 Å². The monoisotopic (exact) mass is 202 g/mol. The predicted molar refractivity (Wildman–Crippen MR) is 66.1 cm³/mol. The Morgan fingerprint density at radius 1 is 1.07 bits per heavy atom. The minimum absolute atomic E-state index is 0.118. The van der Waals surface area contributed by atoms with Gasteiger partial charge in [-0.1, -0.05) is 45.3 Å². The normalized spacial score (nSPS) is 22.1. The molecular formula is C13H18Si. The van der Waals surface area contributed by atoms with Crippen molar-refractivity contribution in [3.63, 3.8) is 0 Å². The van der Waals surface area contributed by atoms with E-state index in [1.165, 1.54) is 18.4 Å². The van der Waals surface area contributed by atoms with Crippen molar-refractivity contribution in [3.8, 4) is 0 Å². The standard InChI is InChI=1S/C13H18Si/c1-9-7-8-13(11(9)3)14-12-6-4-5-10(12)2/h4-5,7H,6,8,14H2,1-3H3. The Bertz CT molecular complexity index is 378. The first-order chi connectivity index (χ1) is 6.68. The molecule has 0 aromatic heterocycles. The summed E-state index contributed by atoms with van der Waals surface area (Å²) in [5, 5.41) is 3.52. The molecule has 14 heavy (non-hydrogen) atoms. The van der Waals surface area contributed by atoms with E-state index in [4.69, 9.17) is 0 Å². The van der Waals surface area contributed by atoms with Gasteiger partial charge in [0.15, 0.2) is 0 Å². The van der Waals surface area contributed by atoms with E-state index in [9.17, 15) is 0 Å². The second-order valence-corrected chi connectivity index (χ2v) is 6.45. The lowest BCUT2D eigenvalue weighted by Gasteiger charge is -2.06. The van der Waals surface area contributed by atoms with Crippen molar-refractivity contribution >= 4 is 9.52 Å². The molecule has 0 bridgehead atoms. The number of hydrogen-bond donors (Lipinski definition) is 0. The fourth-order valence-corrected chi connectivity index (χ4v) is 4.25. The Labute approximate surface area is 88.9 Å². The van der Waals surface area contributed by atoms with Crippen LogP contribution in [0.5, 0.6) is 0 Å². The van der Waals surface area contributed by atoms with E-state index >= 15 is 0 Å². The molecule has 2 rings (SSSR count). The molecule has 0 saturated heterocycles. The van der Waals surface area contributed by atoms with E-state index in [1.54, 1.807) is 21.5 Å².